The number of phenols is 1. The number of rotatable bonds is 5. The highest BCUT2D eigenvalue weighted by Gasteiger charge is 2.32. The van der Waals surface area contributed by atoms with Crippen molar-refractivity contribution in [3.63, 3.8) is 0 Å². The number of hydrogen-bond donors (Lipinski definition) is 2. The monoisotopic (exact) mass is 428 g/mol. The Hall–Kier alpha value is -3.04. The molecule has 9 heteroatoms. The molecule has 0 atom stereocenters. The molecule has 1 fully saturated rings. The van der Waals surface area contributed by atoms with Gasteiger partial charge in [-0.15, -0.1) is 0 Å². The van der Waals surface area contributed by atoms with E-state index in [1.807, 2.05) is 12.1 Å². The number of carbonyl (C=O) groups excluding carboxylic acids is 2. The lowest BCUT2D eigenvalue weighted by Gasteiger charge is -2.14. The summed E-state index contributed by atoms with van der Waals surface area (Å²) in [6.07, 6.45) is 1.82. The molecule has 2 N–H and O–H groups in total. The van der Waals surface area contributed by atoms with Crippen LogP contribution in [-0.4, -0.2) is 39.5 Å². The van der Waals surface area contributed by atoms with Crippen molar-refractivity contribution in [2.75, 3.05) is 18.7 Å². The number of fused-ring (bicyclic) bond motifs is 1. The number of ether oxygens (including phenoxy) is 2. The molecule has 0 spiro atoms. The Morgan fingerprint density at radius 2 is 2.03 bits per heavy atom. The zero-order valence-corrected chi connectivity index (χ0v) is 16.7. The first-order valence-electron chi connectivity index (χ1n) is 8.74. The van der Waals surface area contributed by atoms with Gasteiger partial charge >= 0.3 is 0 Å². The van der Waals surface area contributed by atoms with Crippen LogP contribution in [0.25, 0.3) is 6.08 Å². The van der Waals surface area contributed by atoms with Crippen molar-refractivity contribution in [2.24, 2.45) is 0 Å². The molecule has 2 aliphatic heterocycles. The van der Waals surface area contributed by atoms with Gasteiger partial charge in [-0.2, -0.15) is 0 Å². The Balaban J connectivity index is 1.40. The van der Waals surface area contributed by atoms with E-state index in [1.165, 1.54) is 28.8 Å². The molecule has 2 aromatic carbocycles. The molecule has 1 saturated heterocycles. The van der Waals surface area contributed by atoms with Crippen LogP contribution in [0, 0.1) is 0 Å². The number of carbonyl (C=O) groups is 2. The van der Waals surface area contributed by atoms with Crippen molar-refractivity contribution >= 4 is 51.9 Å². The van der Waals surface area contributed by atoms with Crippen molar-refractivity contribution in [3.05, 3.63) is 52.9 Å². The predicted octanol–water partition coefficient (Wildman–Crippen LogP) is 3.35. The molecule has 2 heterocycles. The van der Waals surface area contributed by atoms with Gasteiger partial charge in [0, 0.05) is 24.2 Å². The highest BCUT2D eigenvalue weighted by Crippen LogP contribution is 2.39. The van der Waals surface area contributed by atoms with E-state index in [-0.39, 0.29) is 37.3 Å². The standard InChI is InChI=1S/C20H16N2O5S2/c23-14-6-4-13(5-7-14)21-17(24)8-9-22-19(25)16(29-20(22)28)10-12-2-1-3-15-18(12)27-11-26-15/h1-7,10,23H,8-9,11H2,(H,21,24). The van der Waals surface area contributed by atoms with Gasteiger partial charge in [0.25, 0.3) is 5.91 Å². The quantitative estimate of drug-likeness (QED) is 0.429. The number of benzene rings is 2. The van der Waals surface area contributed by atoms with Crippen LogP contribution >= 0.6 is 24.0 Å². The molecule has 0 radical (unpaired) electrons. The van der Waals surface area contributed by atoms with Crippen molar-refractivity contribution in [1.82, 2.24) is 4.90 Å². The Kier molecular flexibility index (Phi) is 5.41. The van der Waals surface area contributed by atoms with Crippen LogP contribution in [0.4, 0.5) is 5.69 Å². The van der Waals surface area contributed by atoms with E-state index >= 15 is 0 Å². The molecule has 7 nitrogen and oxygen atoms in total. The third kappa shape index (κ3) is 4.20. The summed E-state index contributed by atoms with van der Waals surface area (Å²) in [6.45, 7) is 0.329. The molecule has 29 heavy (non-hydrogen) atoms. The maximum absolute atomic E-state index is 12.7. The van der Waals surface area contributed by atoms with Crippen LogP contribution < -0.4 is 14.8 Å². The maximum Gasteiger partial charge on any atom is 0.266 e. The lowest BCUT2D eigenvalue weighted by molar-refractivity contribution is -0.122. The van der Waals surface area contributed by atoms with Crippen molar-refractivity contribution in [1.29, 1.82) is 0 Å². The SMILES string of the molecule is O=C(CCN1C(=O)C(=Cc2cccc3c2OCO3)SC1=S)Nc1ccc(O)cc1. The molecular formula is C20H16N2O5S2. The van der Waals surface area contributed by atoms with Crippen LogP contribution in [0.1, 0.15) is 12.0 Å². The highest BCUT2D eigenvalue weighted by molar-refractivity contribution is 8.26. The molecule has 148 valence electrons. The summed E-state index contributed by atoms with van der Waals surface area (Å²) in [6, 6.07) is 11.6. The average Bonchev–Trinajstić information content (AvgIpc) is 3.28. The summed E-state index contributed by atoms with van der Waals surface area (Å²) in [5.41, 5.74) is 1.31. The fourth-order valence-electron chi connectivity index (χ4n) is 2.88. The zero-order valence-electron chi connectivity index (χ0n) is 15.1. The number of phenolic OH excluding ortho intramolecular Hbond substituents is 1. The Morgan fingerprint density at radius 1 is 1.24 bits per heavy atom. The number of aromatic hydroxyl groups is 1. The summed E-state index contributed by atoms with van der Waals surface area (Å²) in [5, 5.41) is 12.0. The van der Waals surface area contributed by atoms with Crippen molar-refractivity contribution in [3.8, 4) is 17.2 Å². The zero-order chi connectivity index (χ0) is 20.4. The molecular weight excluding hydrogens is 412 g/mol. The maximum atomic E-state index is 12.7. The Bertz CT molecular complexity index is 1020. The number of amides is 2. The first kappa shape index (κ1) is 19.3. The minimum absolute atomic E-state index is 0.0955. The molecule has 0 saturated carbocycles. The van der Waals surface area contributed by atoms with E-state index in [2.05, 4.69) is 5.32 Å². The smallest absolute Gasteiger partial charge is 0.266 e. The number of hydrogen-bond acceptors (Lipinski definition) is 7. The first-order valence-corrected chi connectivity index (χ1v) is 9.96. The fourth-order valence-corrected chi connectivity index (χ4v) is 4.18. The molecule has 2 amide bonds. The lowest BCUT2D eigenvalue weighted by atomic mass is 10.1. The fraction of sp³-hybridized carbons (Fsp3) is 0.150. The van der Waals surface area contributed by atoms with E-state index < -0.39 is 0 Å². The van der Waals surface area contributed by atoms with Gasteiger partial charge in [0.2, 0.25) is 12.7 Å². The number of thiocarbonyl (C=S) groups is 1. The van der Waals surface area contributed by atoms with Crippen LogP contribution in [0.5, 0.6) is 17.2 Å². The van der Waals surface area contributed by atoms with Crippen LogP contribution in [0.15, 0.2) is 47.4 Å². The predicted molar refractivity (Wildman–Crippen MR) is 114 cm³/mol. The third-order valence-electron chi connectivity index (χ3n) is 4.30. The van der Waals surface area contributed by atoms with Gasteiger partial charge in [-0.05, 0) is 36.4 Å². The van der Waals surface area contributed by atoms with E-state index in [0.717, 1.165) is 5.56 Å². The summed E-state index contributed by atoms with van der Waals surface area (Å²) in [7, 11) is 0. The minimum atomic E-state index is -0.250. The van der Waals surface area contributed by atoms with Gasteiger partial charge in [0.15, 0.2) is 11.5 Å². The molecule has 0 aliphatic carbocycles. The second kappa shape index (κ2) is 8.14. The van der Waals surface area contributed by atoms with Crippen molar-refractivity contribution in [2.45, 2.75) is 6.42 Å². The number of anilines is 1. The number of thioether (sulfide) groups is 1. The number of nitrogens with zero attached hydrogens (tertiary/aromatic N) is 1. The third-order valence-corrected chi connectivity index (χ3v) is 5.68. The van der Waals surface area contributed by atoms with Crippen LogP contribution in [0.2, 0.25) is 0 Å². The van der Waals surface area contributed by atoms with E-state index in [9.17, 15) is 14.7 Å². The molecule has 0 aromatic heterocycles. The Labute approximate surface area is 176 Å². The van der Waals surface area contributed by atoms with Crippen molar-refractivity contribution < 1.29 is 24.2 Å². The topological polar surface area (TPSA) is 88.1 Å². The highest BCUT2D eigenvalue weighted by atomic mass is 32.2. The molecule has 0 unspecified atom stereocenters. The first-order chi connectivity index (χ1) is 14.0. The van der Waals surface area contributed by atoms with E-state index in [4.69, 9.17) is 21.7 Å². The van der Waals surface area contributed by atoms with Gasteiger partial charge in [-0.25, -0.2) is 0 Å². The number of nitrogens with one attached hydrogen (secondary N) is 1. The summed E-state index contributed by atoms with van der Waals surface area (Å²) < 4.78 is 11.2. The summed E-state index contributed by atoms with van der Waals surface area (Å²) in [4.78, 5) is 26.8. The summed E-state index contributed by atoms with van der Waals surface area (Å²) in [5.74, 6) is 0.869. The van der Waals surface area contributed by atoms with Crippen LogP contribution in [-0.2, 0) is 9.59 Å². The normalized spacial score (nSPS) is 16.6. The largest absolute Gasteiger partial charge is 0.508 e. The molecule has 0 bridgehead atoms. The van der Waals surface area contributed by atoms with Gasteiger partial charge in [0.1, 0.15) is 10.1 Å². The van der Waals surface area contributed by atoms with E-state index in [0.29, 0.717) is 26.4 Å². The minimum Gasteiger partial charge on any atom is -0.508 e. The molecule has 2 aliphatic rings. The van der Waals surface area contributed by atoms with E-state index in [1.54, 1.807) is 24.3 Å². The lowest BCUT2D eigenvalue weighted by Crippen LogP contribution is -2.31. The second-order valence-corrected chi connectivity index (χ2v) is 7.94. The second-order valence-electron chi connectivity index (χ2n) is 6.26. The number of para-hydroxylation sites is 1. The van der Waals surface area contributed by atoms with Gasteiger partial charge in [-0.3, -0.25) is 14.5 Å². The van der Waals surface area contributed by atoms with Gasteiger partial charge < -0.3 is 19.9 Å². The summed E-state index contributed by atoms with van der Waals surface area (Å²) >= 11 is 6.51. The molecule has 4 rings (SSSR count). The molecule has 2 aromatic rings. The Morgan fingerprint density at radius 3 is 2.83 bits per heavy atom. The van der Waals surface area contributed by atoms with Gasteiger partial charge in [-0.1, -0.05) is 36.1 Å². The van der Waals surface area contributed by atoms with Crippen LogP contribution in [0.3, 0.4) is 0 Å². The average molecular weight is 428 g/mol. The van der Waals surface area contributed by atoms with Gasteiger partial charge in [0.05, 0.1) is 4.91 Å².